The van der Waals surface area contributed by atoms with Crippen molar-refractivity contribution in [3.8, 4) is 6.07 Å². The molecule has 4 aromatic rings. The normalized spacial score (nSPS) is 10.9. The van der Waals surface area contributed by atoms with E-state index in [1.807, 2.05) is 38.1 Å². The second-order valence-electron chi connectivity index (χ2n) is 8.97. The third-order valence-corrected chi connectivity index (χ3v) is 6.55. The molecule has 0 atom stereocenters. The Bertz CT molecular complexity index is 1530. The number of pyridine rings is 1. The van der Waals surface area contributed by atoms with Crippen LogP contribution in [0.15, 0.2) is 37.4 Å². The van der Waals surface area contributed by atoms with Gasteiger partial charge in [0.2, 0.25) is 0 Å². The predicted molar refractivity (Wildman–Crippen MR) is 156 cm³/mol. The summed E-state index contributed by atoms with van der Waals surface area (Å²) < 4.78 is 0. The number of nitrogens with two attached hydrogens (primary N) is 1. The first kappa shape index (κ1) is 28.8. The van der Waals surface area contributed by atoms with E-state index in [2.05, 4.69) is 46.9 Å². The third kappa shape index (κ3) is 6.37. The van der Waals surface area contributed by atoms with Crippen molar-refractivity contribution in [2.45, 2.75) is 47.0 Å². The van der Waals surface area contributed by atoms with Crippen molar-refractivity contribution in [3.05, 3.63) is 76.5 Å². The van der Waals surface area contributed by atoms with Gasteiger partial charge in [0, 0.05) is 36.2 Å². The van der Waals surface area contributed by atoms with Crippen LogP contribution in [0.1, 0.15) is 61.2 Å². The molecule has 8 nitrogen and oxygen atoms in total. The van der Waals surface area contributed by atoms with Gasteiger partial charge in [-0.2, -0.15) is 5.26 Å². The van der Waals surface area contributed by atoms with Gasteiger partial charge in [-0.15, -0.1) is 0 Å². The van der Waals surface area contributed by atoms with Crippen molar-refractivity contribution >= 4 is 44.9 Å². The van der Waals surface area contributed by atoms with E-state index in [0.717, 1.165) is 59.3 Å². The third-order valence-electron chi connectivity index (χ3n) is 6.14. The van der Waals surface area contributed by atoms with Crippen LogP contribution in [0.5, 0.6) is 0 Å². The number of aliphatic hydroxyl groups is 1. The average Bonchev–Trinajstić information content (AvgIpc) is 3.23. The van der Waals surface area contributed by atoms with Gasteiger partial charge in [-0.05, 0) is 37.5 Å². The smallest absolute Gasteiger partial charge is 0.143 e. The molecule has 0 saturated heterocycles. The second kappa shape index (κ2) is 12.7. The van der Waals surface area contributed by atoms with Gasteiger partial charge in [-0.1, -0.05) is 57.7 Å². The van der Waals surface area contributed by atoms with Gasteiger partial charge in [0.15, 0.2) is 0 Å². The maximum Gasteiger partial charge on any atom is 0.143 e. The Morgan fingerprint density at radius 1 is 1.18 bits per heavy atom. The zero-order valence-corrected chi connectivity index (χ0v) is 23.2. The Balaban J connectivity index is 0.000000505. The van der Waals surface area contributed by atoms with Crippen LogP contribution in [0.3, 0.4) is 0 Å². The molecule has 0 radical (unpaired) electrons. The summed E-state index contributed by atoms with van der Waals surface area (Å²) in [6.07, 6.45) is 2.44. The number of benzene rings is 1. The van der Waals surface area contributed by atoms with Crippen LogP contribution in [0.2, 0.25) is 5.02 Å². The lowest BCUT2D eigenvalue weighted by molar-refractivity contribution is 0.300. The van der Waals surface area contributed by atoms with Crippen LogP contribution in [0.25, 0.3) is 33.3 Å². The fraction of sp³-hybridized carbons (Fsp3) is 0.310. The number of aliphatic hydroxyl groups excluding tert-OH is 1. The minimum Gasteiger partial charge on any atom is -0.508 e. The minimum absolute atomic E-state index is 0.155. The van der Waals surface area contributed by atoms with Crippen LogP contribution < -0.4 is 5.84 Å². The van der Waals surface area contributed by atoms with Crippen molar-refractivity contribution < 1.29 is 5.11 Å². The molecular formula is C29H34ClN7O. The molecule has 38 heavy (non-hydrogen) atoms. The Hall–Kier alpha value is -3.77. The summed E-state index contributed by atoms with van der Waals surface area (Å²) in [5, 5.41) is 23.3. The number of hydrazine groups is 1. The number of nitrogens with zero attached hydrogens (tertiary/aromatic N) is 5. The quantitative estimate of drug-likeness (QED) is 0.106. The van der Waals surface area contributed by atoms with Crippen LogP contribution in [0.4, 0.5) is 0 Å². The molecule has 0 amide bonds. The van der Waals surface area contributed by atoms with Crippen LogP contribution in [-0.4, -0.2) is 43.1 Å². The first-order valence-electron chi connectivity index (χ1n) is 12.6. The molecule has 1 aromatic carbocycles. The van der Waals surface area contributed by atoms with Gasteiger partial charge in [0.1, 0.15) is 23.3 Å². The average molecular weight is 532 g/mol. The number of aryl methyl sites for hydroxylation is 2. The highest BCUT2D eigenvalue weighted by molar-refractivity contribution is 6.36. The Morgan fingerprint density at radius 3 is 2.50 bits per heavy atom. The molecule has 0 aliphatic rings. The molecule has 0 unspecified atom stereocenters. The molecule has 3 aromatic heterocycles. The molecule has 0 spiro atoms. The number of hydrogen-bond acceptors (Lipinski definition) is 7. The van der Waals surface area contributed by atoms with Crippen molar-refractivity contribution in [2.24, 2.45) is 5.84 Å². The van der Waals surface area contributed by atoms with E-state index in [4.69, 9.17) is 17.4 Å². The lowest BCUT2D eigenvalue weighted by atomic mass is 10.0. The van der Waals surface area contributed by atoms with Crippen LogP contribution in [-0.2, 0) is 12.8 Å². The topological polar surface area (TPSA) is 128 Å². The van der Waals surface area contributed by atoms with Crippen molar-refractivity contribution in [1.82, 2.24) is 24.9 Å². The van der Waals surface area contributed by atoms with Gasteiger partial charge in [-0.25, -0.2) is 20.0 Å². The molecule has 198 valence electrons. The predicted octanol–water partition coefficient (Wildman–Crippen LogP) is 6.28. The summed E-state index contributed by atoms with van der Waals surface area (Å²) >= 11 is 6.45. The monoisotopic (exact) mass is 531 g/mol. The molecule has 4 N–H and O–H groups in total. The number of fused-ring (bicyclic) bond motifs is 2. The van der Waals surface area contributed by atoms with Gasteiger partial charge in [0.25, 0.3) is 0 Å². The molecule has 0 fully saturated rings. The number of nitrogens with one attached hydrogen (secondary N) is 1. The fourth-order valence-corrected chi connectivity index (χ4v) is 4.52. The number of halogens is 1. The minimum atomic E-state index is -0.155. The molecule has 0 aliphatic carbocycles. The summed E-state index contributed by atoms with van der Waals surface area (Å²) in [7, 11) is 0. The molecule has 0 bridgehead atoms. The van der Waals surface area contributed by atoms with E-state index in [1.54, 1.807) is 11.1 Å². The SMILES string of the molecule is C=C(O)c1cc2ccc(Cc3nc(C)c4c(Cl)c(CC)[nH]c4n3)cc2nc1C(=C)C#N.CCCN(N)CC. The molecule has 9 heteroatoms. The van der Waals surface area contributed by atoms with Crippen LogP contribution >= 0.6 is 11.6 Å². The maximum atomic E-state index is 9.90. The van der Waals surface area contributed by atoms with E-state index < -0.39 is 0 Å². The number of H-pyrrole nitrogens is 1. The highest BCUT2D eigenvalue weighted by atomic mass is 35.5. The lowest BCUT2D eigenvalue weighted by Gasteiger charge is -2.10. The van der Waals surface area contributed by atoms with Gasteiger partial charge < -0.3 is 10.1 Å². The molecule has 0 aliphatic heterocycles. The molecule has 3 heterocycles. The van der Waals surface area contributed by atoms with E-state index in [1.165, 1.54) is 0 Å². The van der Waals surface area contributed by atoms with Gasteiger partial charge >= 0.3 is 0 Å². The van der Waals surface area contributed by atoms with E-state index in [0.29, 0.717) is 34.0 Å². The Morgan fingerprint density at radius 2 is 1.92 bits per heavy atom. The molecular weight excluding hydrogens is 498 g/mol. The molecule has 4 rings (SSSR count). The first-order chi connectivity index (χ1) is 18.1. The van der Waals surface area contributed by atoms with E-state index >= 15 is 0 Å². The van der Waals surface area contributed by atoms with Crippen molar-refractivity contribution in [3.63, 3.8) is 0 Å². The van der Waals surface area contributed by atoms with Crippen molar-refractivity contribution in [1.29, 1.82) is 5.26 Å². The number of hydrogen-bond donors (Lipinski definition) is 3. The summed E-state index contributed by atoms with van der Waals surface area (Å²) in [6, 6.07) is 9.55. The number of aromatic amines is 1. The highest BCUT2D eigenvalue weighted by Gasteiger charge is 2.16. The second-order valence-corrected chi connectivity index (χ2v) is 9.35. The number of allylic oxidation sites excluding steroid dienone is 1. The Labute approximate surface area is 228 Å². The molecule has 0 saturated carbocycles. The van der Waals surface area contributed by atoms with E-state index in [9.17, 15) is 10.4 Å². The van der Waals surface area contributed by atoms with Gasteiger partial charge in [-0.3, -0.25) is 5.84 Å². The Kier molecular flexibility index (Phi) is 9.59. The number of aromatic nitrogens is 4. The number of nitriles is 1. The number of rotatable bonds is 8. The summed E-state index contributed by atoms with van der Waals surface area (Å²) in [5.74, 6) is 5.94. The lowest BCUT2D eigenvalue weighted by Crippen LogP contribution is -2.30. The largest absolute Gasteiger partial charge is 0.508 e. The van der Waals surface area contributed by atoms with Crippen LogP contribution in [0, 0.1) is 18.3 Å². The van der Waals surface area contributed by atoms with Gasteiger partial charge in [0.05, 0.1) is 32.9 Å². The van der Waals surface area contributed by atoms with Crippen molar-refractivity contribution in [2.75, 3.05) is 13.1 Å². The first-order valence-corrected chi connectivity index (χ1v) is 13.0. The summed E-state index contributed by atoms with van der Waals surface area (Å²) in [5.41, 5.74) is 5.05. The zero-order chi connectivity index (χ0) is 28.0. The fourth-order valence-electron chi connectivity index (χ4n) is 4.11. The maximum absolute atomic E-state index is 9.90. The zero-order valence-electron chi connectivity index (χ0n) is 22.4. The summed E-state index contributed by atoms with van der Waals surface area (Å²) in [4.78, 5) is 17.1. The standard InChI is InChI=1S/C24H20ClN5O.C5H14N2/c1-5-18-22(25)21-13(3)27-20(30-24(21)29-18)9-15-6-7-16-10-17(14(4)31)23(12(2)11-26)28-19(16)8-15;1-3-5-7(6)4-2/h6-8,10,31H,2,4-5,9H2,1,3H3,(H,27,29,30);3-6H2,1-2H3. The highest BCUT2D eigenvalue weighted by Crippen LogP contribution is 2.30. The van der Waals surface area contributed by atoms with E-state index in [-0.39, 0.29) is 11.3 Å². The summed E-state index contributed by atoms with van der Waals surface area (Å²) in [6.45, 7) is 17.4.